The van der Waals surface area contributed by atoms with Gasteiger partial charge in [0.25, 0.3) is 0 Å². The molecule has 24 heavy (non-hydrogen) atoms. The SMILES string of the molecule is CC(C)(C)c1ccc(C(=O)Oc2ccc3cc(Br)ccc3c2)cc1. The zero-order valence-corrected chi connectivity index (χ0v) is 15.6. The number of halogens is 1. The molecule has 0 radical (unpaired) electrons. The minimum Gasteiger partial charge on any atom is -0.423 e. The molecule has 0 aliphatic heterocycles. The summed E-state index contributed by atoms with van der Waals surface area (Å²) in [5.41, 5.74) is 1.81. The second-order valence-corrected chi connectivity index (χ2v) is 7.79. The molecule has 3 aromatic rings. The lowest BCUT2D eigenvalue weighted by Gasteiger charge is -2.18. The highest BCUT2D eigenvalue weighted by Gasteiger charge is 2.15. The number of fused-ring (bicyclic) bond motifs is 1. The molecule has 3 rings (SSSR count). The molecular formula is C21H19BrO2. The fourth-order valence-corrected chi connectivity index (χ4v) is 2.91. The van der Waals surface area contributed by atoms with Crippen molar-refractivity contribution in [2.75, 3.05) is 0 Å². The zero-order valence-electron chi connectivity index (χ0n) is 14.0. The molecule has 3 heteroatoms. The second kappa shape index (κ2) is 6.40. The van der Waals surface area contributed by atoms with Crippen molar-refractivity contribution in [2.45, 2.75) is 26.2 Å². The number of esters is 1. The molecule has 122 valence electrons. The topological polar surface area (TPSA) is 26.3 Å². The molecule has 0 fully saturated rings. The van der Waals surface area contributed by atoms with Gasteiger partial charge in [0, 0.05) is 4.47 Å². The lowest BCUT2D eigenvalue weighted by atomic mass is 9.87. The molecular weight excluding hydrogens is 364 g/mol. The molecule has 0 atom stereocenters. The Morgan fingerprint density at radius 3 is 2.17 bits per heavy atom. The molecule has 0 aliphatic rings. The van der Waals surface area contributed by atoms with Gasteiger partial charge in [-0.25, -0.2) is 4.79 Å². The Kier molecular flexibility index (Phi) is 4.46. The quantitative estimate of drug-likeness (QED) is 0.394. The normalized spacial score (nSPS) is 11.5. The Bertz CT molecular complexity index is 890. The molecule has 0 spiro atoms. The van der Waals surface area contributed by atoms with E-state index in [0.29, 0.717) is 11.3 Å². The Balaban J connectivity index is 1.80. The number of benzene rings is 3. The summed E-state index contributed by atoms with van der Waals surface area (Å²) >= 11 is 3.46. The van der Waals surface area contributed by atoms with Crippen LogP contribution < -0.4 is 4.74 Å². The van der Waals surface area contributed by atoms with E-state index in [0.717, 1.165) is 15.2 Å². The molecule has 0 aromatic heterocycles. The van der Waals surface area contributed by atoms with Crippen molar-refractivity contribution in [1.82, 2.24) is 0 Å². The summed E-state index contributed by atoms with van der Waals surface area (Å²) < 4.78 is 6.54. The lowest BCUT2D eigenvalue weighted by Crippen LogP contribution is -2.12. The summed E-state index contributed by atoms with van der Waals surface area (Å²) in [4.78, 5) is 12.3. The van der Waals surface area contributed by atoms with Crippen molar-refractivity contribution in [3.63, 3.8) is 0 Å². The summed E-state index contributed by atoms with van der Waals surface area (Å²) in [6, 6.07) is 19.2. The lowest BCUT2D eigenvalue weighted by molar-refractivity contribution is 0.0735. The maximum absolute atomic E-state index is 12.3. The van der Waals surface area contributed by atoms with Gasteiger partial charge >= 0.3 is 5.97 Å². The Labute approximate surface area is 150 Å². The fraction of sp³-hybridized carbons (Fsp3) is 0.190. The van der Waals surface area contributed by atoms with E-state index in [9.17, 15) is 4.79 Å². The van der Waals surface area contributed by atoms with Gasteiger partial charge in [-0.05, 0) is 58.1 Å². The molecule has 0 aliphatic carbocycles. The molecule has 0 saturated carbocycles. The summed E-state index contributed by atoms with van der Waals surface area (Å²) in [6.45, 7) is 6.44. The van der Waals surface area contributed by atoms with E-state index in [-0.39, 0.29) is 11.4 Å². The van der Waals surface area contributed by atoms with Crippen LogP contribution >= 0.6 is 15.9 Å². The van der Waals surface area contributed by atoms with E-state index in [1.807, 2.05) is 60.7 Å². The molecule has 0 saturated heterocycles. The maximum Gasteiger partial charge on any atom is 0.343 e. The van der Waals surface area contributed by atoms with Crippen LogP contribution in [0.4, 0.5) is 0 Å². The van der Waals surface area contributed by atoms with Crippen molar-refractivity contribution in [2.24, 2.45) is 0 Å². The van der Waals surface area contributed by atoms with Crippen LogP contribution in [-0.2, 0) is 5.41 Å². The fourth-order valence-electron chi connectivity index (χ4n) is 2.53. The molecule has 0 bridgehead atoms. The van der Waals surface area contributed by atoms with Crippen LogP contribution in [0.5, 0.6) is 5.75 Å². The van der Waals surface area contributed by atoms with Gasteiger partial charge in [-0.1, -0.05) is 61.0 Å². The third-order valence-electron chi connectivity index (χ3n) is 3.97. The van der Waals surface area contributed by atoms with Crippen LogP contribution in [0.1, 0.15) is 36.7 Å². The van der Waals surface area contributed by atoms with Crippen molar-refractivity contribution >= 4 is 32.7 Å². The maximum atomic E-state index is 12.3. The molecule has 3 aromatic carbocycles. The average Bonchev–Trinajstić information content (AvgIpc) is 2.54. The molecule has 2 nitrogen and oxygen atoms in total. The van der Waals surface area contributed by atoms with Gasteiger partial charge in [-0.15, -0.1) is 0 Å². The van der Waals surface area contributed by atoms with Gasteiger partial charge in [-0.3, -0.25) is 0 Å². The highest BCUT2D eigenvalue weighted by atomic mass is 79.9. The summed E-state index contributed by atoms with van der Waals surface area (Å²) in [5.74, 6) is 0.210. The standard InChI is InChI=1S/C21H19BrO2/c1-21(2,3)17-8-4-14(5-9-17)20(23)24-19-11-7-15-12-18(22)10-6-16(15)13-19/h4-13H,1-3H3. The first-order valence-corrected chi connectivity index (χ1v) is 8.64. The smallest absolute Gasteiger partial charge is 0.343 e. The minimum absolute atomic E-state index is 0.0645. The second-order valence-electron chi connectivity index (χ2n) is 6.87. The van der Waals surface area contributed by atoms with Crippen LogP contribution in [-0.4, -0.2) is 5.97 Å². The molecule has 0 unspecified atom stereocenters. The number of hydrogen-bond acceptors (Lipinski definition) is 2. The number of hydrogen-bond donors (Lipinski definition) is 0. The van der Waals surface area contributed by atoms with Crippen molar-refractivity contribution in [3.05, 3.63) is 76.3 Å². The van der Waals surface area contributed by atoms with Crippen LogP contribution in [0.2, 0.25) is 0 Å². The first-order valence-electron chi connectivity index (χ1n) is 7.85. The average molecular weight is 383 g/mol. The summed E-state index contributed by atoms with van der Waals surface area (Å²) in [7, 11) is 0. The van der Waals surface area contributed by atoms with Gasteiger partial charge in [-0.2, -0.15) is 0 Å². The summed E-state index contributed by atoms with van der Waals surface area (Å²) in [5, 5.41) is 2.13. The van der Waals surface area contributed by atoms with E-state index in [2.05, 4.69) is 36.7 Å². The van der Waals surface area contributed by atoms with Crippen molar-refractivity contribution in [1.29, 1.82) is 0 Å². The van der Waals surface area contributed by atoms with E-state index in [4.69, 9.17) is 4.74 Å². The van der Waals surface area contributed by atoms with Crippen LogP contribution in [0, 0.1) is 0 Å². The van der Waals surface area contributed by atoms with Gasteiger partial charge in [0.2, 0.25) is 0 Å². The highest BCUT2D eigenvalue weighted by Crippen LogP contribution is 2.25. The van der Waals surface area contributed by atoms with E-state index >= 15 is 0 Å². The third kappa shape index (κ3) is 3.68. The monoisotopic (exact) mass is 382 g/mol. The van der Waals surface area contributed by atoms with E-state index in [1.165, 1.54) is 5.56 Å². The number of ether oxygens (including phenoxy) is 1. The third-order valence-corrected chi connectivity index (χ3v) is 4.46. The van der Waals surface area contributed by atoms with Gasteiger partial charge < -0.3 is 4.74 Å². The predicted octanol–water partition coefficient (Wildman–Crippen LogP) is 6.12. The predicted molar refractivity (Wildman–Crippen MR) is 102 cm³/mol. The Hall–Kier alpha value is -2.13. The van der Waals surface area contributed by atoms with Crippen molar-refractivity contribution in [3.8, 4) is 5.75 Å². The van der Waals surface area contributed by atoms with Gasteiger partial charge in [0.15, 0.2) is 0 Å². The minimum atomic E-state index is -0.341. The van der Waals surface area contributed by atoms with Crippen molar-refractivity contribution < 1.29 is 9.53 Å². The number of carbonyl (C=O) groups is 1. The van der Waals surface area contributed by atoms with Crippen LogP contribution in [0.25, 0.3) is 10.8 Å². The van der Waals surface area contributed by atoms with E-state index < -0.39 is 0 Å². The number of rotatable bonds is 2. The first kappa shape index (κ1) is 16.7. The largest absolute Gasteiger partial charge is 0.423 e. The first-order chi connectivity index (χ1) is 11.3. The molecule has 0 heterocycles. The number of carbonyl (C=O) groups excluding carboxylic acids is 1. The van der Waals surface area contributed by atoms with Gasteiger partial charge in [0.1, 0.15) is 5.75 Å². The van der Waals surface area contributed by atoms with Gasteiger partial charge in [0.05, 0.1) is 5.56 Å². The van der Waals surface area contributed by atoms with Crippen LogP contribution in [0.3, 0.4) is 0 Å². The van der Waals surface area contributed by atoms with Crippen LogP contribution in [0.15, 0.2) is 65.1 Å². The zero-order chi connectivity index (χ0) is 17.3. The molecule has 0 amide bonds. The molecule has 0 N–H and O–H groups in total. The Morgan fingerprint density at radius 1 is 0.875 bits per heavy atom. The summed E-state index contributed by atoms with van der Waals surface area (Å²) in [6.07, 6.45) is 0. The van der Waals surface area contributed by atoms with E-state index in [1.54, 1.807) is 0 Å². The Morgan fingerprint density at radius 2 is 1.50 bits per heavy atom. The highest BCUT2D eigenvalue weighted by molar-refractivity contribution is 9.10.